The van der Waals surface area contributed by atoms with Gasteiger partial charge in [-0.05, 0) is 31.6 Å². The summed E-state index contributed by atoms with van der Waals surface area (Å²) in [5, 5.41) is 7.11. The van der Waals surface area contributed by atoms with Crippen molar-refractivity contribution in [3.05, 3.63) is 16.1 Å². The molecular formula is C14H24N2S. The molecule has 1 aliphatic carbocycles. The number of nitrogens with zero attached hydrogens (tertiary/aromatic N) is 1. The maximum atomic E-state index is 4.51. The van der Waals surface area contributed by atoms with Gasteiger partial charge in [0.25, 0.3) is 0 Å². The van der Waals surface area contributed by atoms with Crippen LogP contribution in [-0.2, 0) is 6.42 Å². The highest BCUT2D eigenvalue weighted by Crippen LogP contribution is 2.28. The third-order valence-corrected chi connectivity index (χ3v) is 4.80. The number of rotatable bonds is 4. The summed E-state index contributed by atoms with van der Waals surface area (Å²) in [4.78, 5) is 4.51. The first kappa shape index (κ1) is 13.0. The van der Waals surface area contributed by atoms with Crippen LogP contribution >= 0.6 is 11.3 Å². The van der Waals surface area contributed by atoms with E-state index in [1.54, 1.807) is 11.3 Å². The summed E-state index contributed by atoms with van der Waals surface area (Å²) < 4.78 is 0. The summed E-state index contributed by atoms with van der Waals surface area (Å²) in [7, 11) is 0. The molecule has 0 aromatic carbocycles. The SMILES string of the molecule is Cc1nc(CCNC2C(C)CCCC2C)cs1. The van der Waals surface area contributed by atoms with Gasteiger partial charge in [-0.2, -0.15) is 0 Å². The minimum atomic E-state index is 0.712. The van der Waals surface area contributed by atoms with E-state index in [1.807, 2.05) is 0 Å². The molecule has 1 fully saturated rings. The van der Waals surface area contributed by atoms with Gasteiger partial charge in [-0.25, -0.2) is 4.98 Å². The molecule has 1 aromatic rings. The van der Waals surface area contributed by atoms with Gasteiger partial charge in [-0.1, -0.05) is 20.3 Å². The molecule has 1 aromatic heterocycles. The lowest BCUT2D eigenvalue weighted by atomic mass is 9.79. The molecule has 3 heteroatoms. The predicted octanol–water partition coefficient (Wildman–Crippen LogP) is 3.41. The van der Waals surface area contributed by atoms with Gasteiger partial charge in [-0.3, -0.25) is 0 Å². The third-order valence-electron chi connectivity index (χ3n) is 3.97. The summed E-state index contributed by atoms with van der Waals surface area (Å²) >= 11 is 1.75. The molecule has 0 aliphatic heterocycles. The lowest BCUT2D eigenvalue weighted by Gasteiger charge is -2.35. The number of hydrogen-bond acceptors (Lipinski definition) is 3. The van der Waals surface area contributed by atoms with E-state index in [2.05, 4.69) is 36.5 Å². The second kappa shape index (κ2) is 5.96. The molecular weight excluding hydrogens is 228 g/mol. The van der Waals surface area contributed by atoms with Crippen LogP contribution < -0.4 is 5.32 Å². The van der Waals surface area contributed by atoms with Crippen LogP contribution in [0.3, 0.4) is 0 Å². The lowest BCUT2D eigenvalue weighted by molar-refractivity contribution is 0.210. The number of hydrogen-bond donors (Lipinski definition) is 1. The van der Waals surface area contributed by atoms with Crippen LogP contribution in [0.15, 0.2) is 5.38 Å². The van der Waals surface area contributed by atoms with Gasteiger partial charge in [-0.15, -0.1) is 11.3 Å². The zero-order valence-electron chi connectivity index (χ0n) is 11.2. The molecule has 0 amide bonds. The molecule has 1 N–H and O–H groups in total. The first-order valence-electron chi connectivity index (χ1n) is 6.81. The van der Waals surface area contributed by atoms with Crippen molar-refractivity contribution < 1.29 is 0 Å². The van der Waals surface area contributed by atoms with Crippen molar-refractivity contribution in [2.45, 2.75) is 52.5 Å². The summed E-state index contributed by atoms with van der Waals surface area (Å²) in [6.07, 6.45) is 5.25. The normalized spacial score (nSPS) is 29.5. The largest absolute Gasteiger partial charge is 0.313 e. The van der Waals surface area contributed by atoms with Crippen molar-refractivity contribution in [2.75, 3.05) is 6.54 Å². The highest BCUT2D eigenvalue weighted by atomic mass is 32.1. The average Bonchev–Trinajstić information content (AvgIpc) is 2.69. The number of thiazole rings is 1. The molecule has 96 valence electrons. The van der Waals surface area contributed by atoms with Crippen LogP contribution in [0.25, 0.3) is 0 Å². The van der Waals surface area contributed by atoms with Crippen LogP contribution in [0, 0.1) is 18.8 Å². The minimum absolute atomic E-state index is 0.712. The fourth-order valence-electron chi connectivity index (χ4n) is 2.97. The van der Waals surface area contributed by atoms with E-state index in [9.17, 15) is 0 Å². The maximum Gasteiger partial charge on any atom is 0.0897 e. The highest BCUT2D eigenvalue weighted by molar-refractivity contribution is 7.09. The van der Waals surface area contributed by atoms with Crippen LogP contribution in [0.2, 0.25) is 0 Å². The van der Waals surface area contributed by atoms with Crippen molar-refractivity contribution in [2.24, 2.45) is 11.8 Å². The lowest BCUT2D eigenvalue weighted by Crippen LogP contribution is -2.43. The molecule has 0 radical (unpaired) electrons. The van der Waals surface area contributed by atoms with Crippen LogP contribution in [0.1, 0.15) is 43.8 Å². The van der Waals surface area contributed by atoms with Crippen molar-refractivity contribution in [3.63, 3.8) is 0 Å². The Morgan fingerprint density at radius 2 is 2.06 bits per heavy atom. The monoisotopic (exact) mass is 252 g/mol. The van der Waals surface area contributed by atoms with Crippen molar-refractivity contribution >= 4 is 11.3 Å². The summed E-state index contributed by atoms with van der Waals surface area (Å²) in [6.45, 7) is 7.93. The Labute approximate surface area is 109 Å². The van der Waals surface area contributed by atoms with Gasteiger partial charge in [0.15, 0.2) is 0 Å². The number of nitrogens with one attached hydrogen (secondary N) is 1. The highest BCUT2D eigenvalue weighted by Gasteiger charge is 2.26. The Morgan fingerprint density at radius 1 is 1.35 bits per heavy atom. The van der Waals surface area contributed by atoms with E-state index in [-0.39, 0.29) is 0 Å². The molecule has 2 unspecified atom stereocenters. The van der Waals surface area contributed by atoms with Gasteiger partial charge in [0, 0.05) is 24.4 Å². The van der Waals surface area contributed by atoms with Crippen molar-refractivity contribution in [3.8, 4) is 0 Å². The van der Waals surface area contributed by atoms with E-state index in [1.165, 1.54) is 30.0 Å². The molecule has 17 heavy (non-hydrogen) atoms. The van der Waals surface area contributed by atoms with Gasteiger partial charge in [0.05, 0.1) is 10.7 Å². The fraction of sp³-hybridized carbons (Fsp3) is 0.786. The Morgan fingerprint density at radius 3 is 2.65 bits per heavy atom. The molecule has 2 nitrogen and oxygen atoms in total. The smallest absolute Gasteiger partial charge is 0.0897 e. The van der Waals surface area contributed by atoms with Crippen LogP contribution in [0.5, 0.6) is 0 Å². The van der Waals surface area contributed by atoms with Gasteiger partial charge in [0.2, 0.25) is 0 Å². The van der Waals surface area contributed by atoms with E-state index in [4.69, 9.17) is 0 Å². The second-order valence-corrected chi connectivity index (χ2v) is 6.54. The number of aryl methyl sites for hydroxylation is 1. The Kier molecular flexibility index (Phi) is 4.57. The molecule has 2 rings (SSSR count). The fourth-order valence-corrected chi connectivity index (χ4v) is 3.62. The first-order valence-corrected chi connectivity index (χ1v) is 7.69. The van der Waals surface area contributed by atoms with Crippen LogP contribution in [0.4, 0.5) is 0 Å². The molecule has 1 aliphatic rings. The summed E-state index contributed by atoms with van der Waals surface area (Å²) in [6, 6.07) is 0.712. The molecule has 1 heterocycles. The topological polar surface area (TPSA) is 24.9 Å². The standard InChI is InChI=1S/C14H24N2S/c1-10-5-4-6-11(2)14(10)15-8-7-13-9-17-12(3)16-13/h9-11,14-15H,4-8H2,1-3H3. The summed E-state index contributed by atoms with van der Waals surface area (Å²) in [5.74, 6) is 1.66. The van der Waals surface area contributed by atoms with E-state index < -0.39 is 0 Å². The zero-order valence-corrected chi connectivity index (χ0v) is 12.0. The zero-order chi connectivity index (χ0) is 12.3. The third kappa shape index (κ3) is 3.52. The minimum Gasteiger partial charge on any atom is -0.313 e. The summed E-state index contributed by atoms with van der Waals surface area (Å²) in [5.41, 5.74) is 1.25. The first-order chi connectivity index (χ1) is 8.16. The molecule has 0 bridgehead atoms. The molecule has 0 saturated heterocycles. The quantitative estimate of drug-likeness (QED) is 0.888. The van der Waals surface area contributed by atoms with Crippen LogP contribution in [-0.4, -0.2) is 17.6 Å². The Balaban J connectivity index is 1.77. The van der Waals surface area contributed by atoms with Crippen molar-refractivity contribution in [1.29, 1.82) is 0 Å². The van der Waals surface area contributed by atoms with E-state index >= 15 is 0 Å². The number of aromatic nitrogens is 1. The van der Waals surface area contributed by atoms with Gasteiger partial charge in [0.1, 0.15) is 0 Å². The molecule has 2 atom stereocenters. The van der Waals surface area contributed by atoms with E-state index in [0.29, 0.717) is 6.04 Å². The maximum absolute atomic E-state index is 4.51. The second-order valence-electron chi connectivity index (χ2n) is 5.47. The van der Waals surface area contributed by atoms with Gasteiger partial charge >= 0.3 is 0 Å². The molecule has 0 spiro atoms. The van der Waals surface area contributed by atoms with Crippen molar-refractivity contribution in [1.82, 2.24) is 10.3 Å². The Hall–Kier alpha value is -0.410. The van der Waals surface area contributed by atoms with Gasteiger partial charge < -0.3 is 5.32 Å². The average molecular weight is 252 g/mol. The Bertz CT molecular complexity index is 338. The predicted molar refractivity (Wildman–Crippen MR) is 74.5 cm³/mol. The van der Waals surface area contributed by atoms with E-state index in [0.717, 1.165) is 24.8 Å². The molecule has 1 saturated carbocycles.